The summed E-state index contributed by atoms with van der Waals surface area (Å²) in [4.78, 5) is 0. The van der Waals surface area contributed by atoms with E-state index < -0.39 is 0 Å². The molecule has 0 saturated heterocycles. The molecule has 0 amide bonds. The molecule has 1 atom stereocenters. The largest absolute Gasteiger partial charge is 0.491 e. The van der Waals surface area contributed by atoms with Gasteiger partial charge in [-0.15, -0.1) is 0 Å². The van der Waals surface area contributed by atoms with Crippen molar-refractivity contribution in [2.24, 2.45) is 5.92 Å². The molecule has 0 radical (unpaired) electrons. The molecule has 0 heterocycles. The van der Waals surface area contributed by atoms with Gasteiger partial charge in [-0.25, -0.2) is 0 Å². The van der Waals surface area contributed by atoms with Crippen molar-refractivity contribution in [1.29, 1.82) is 0 Å². The molecular formula is C14H23NO2. The molecular weight excluding hydrogens is 214 g/mol. The number of ether oxygens (including phenoxy) is 2. The van der Waals surface area contributed by atoms with Crippen molar-refractivity contribution in [3.05, 3.63) is 24.3 Å². The number of hydrogen-bond donors (Lipinski definition) is 1. The van der Waals surface area contributed by atoms with Crippen LogP contribution in [0.2, 0.25) is 0 Å². The maximum atomic E-state index is 5.65. The van der Waals surface area contributed by atoms with Crippen LogP contribution < -0.4 is 10.5 Å². The first-order valence-corrected chi connectivity index (χ1v) is 6.18. The van der Waals surface area contributed by atoms with Crippen molar-refractivity contribution in [3.63, 3.8) is 0 Å². The molecule has 3 heteroatoms. The second-order valence-electron chi connectivity index (χ2n) is 4.73. The molecule has 1 aromatic carbocycles. The fourth-order valence-electron chi connectivity index (χ4n) is 1.70. The normalized spacial score (nSPS) is 12.7. The van der Waals surface area contributed by atoms with Crippen LogP contribution in [0.1, 0.15) is 27.2 Å². The van der Waals surface area contributed by atoms with Crippen LogP contribution in [0, 0.1) is 5.92 Å². The Bertz CT molecular complexity index is 309. The van der Waals surface area contributed by atoms with E-state index in [1.807, 2.05) is 24.3 Å². The van der Waals surface area contributed by atoms with Crippen LogP contribution in [-0.2, 0) is 4.74 Å². The molecule has 2 N–H and O–H groups in total. The van der Waals surface area contributed by atoms with Crippen molar-refractivity contribution in [2.75, 3.05) is 18.9 Å². The third kappa shape index (κ3) is 6.17. The van der Waals surface area contributed by atoms with Crippen LogP contribution in [0.15, 0.2) is 24.3 Å². The van der Waals surface area contributed by atoms with E-state index in [0.29, 0.717) is 25.2 Å². The van der Waals surface area contributed by atoms with Crippen molar-refractivity contribution in [3.8, 4) is 5.75 Å². The van der Waals surface area contributed by atoms with Crippen molar-refractivity contribution < 1.29 is 9.47 Å². The molecule has 0 spiro atoms. The minimum atomic E-state index is 0.296. The van der Waals surface area contributed by atoms with Crippen LogP contribution in [0.4, 0.5) is 5.69 Å². The van der Waals surface area contributed by atoms with Gasteiger partial charge >= 0.3 is 0 Å². The molecule has 1 unspecified atom stereocenters. The highest BCUT2D eigenvalue weighted by molar-refractivity contribution is 5.41. The molecule has 0 aromatic heterocycles. The average Bonchev–Trinajstić information content (AvgIpc) is 2.26. The van der Waals surface area contributed by atoms with Gasteiger partial charge in [0.25, 0.3) is 0 Å². The van der Waals surface area contributed by atoms with Gasteiger partial charge in [0.2, 0.25) is 0 Å². The van der Waals surface area contributed by atoms with Gasteiger partial charge in [0.15, 0.2) is 0 Å². The molecule has 0 fully saturated rings. The summed E-state index contributed by atoms with van der Waals surface area (Å²) in [7, 11) is 0. The third-order valence-electron chi connectivity index (χ3n) is 2.44. The average molecular weight is 237 g/mol. The van der Waals surface area contributed by atoms with Gasteiger partial charge in [0.05, 0.1) is 12.7 Å². The maximum Gasteiger partial charge on any atom is 0.119 e. The van der Waals surface area contributed by atoms with Gasteiger partial charge in [0, 0.05) is 5.69 Å². The lowest BCUT2D eigenvalue weighted by molar-refractivity contribution is 0.0331. The minimum Gasteiger partial charge on any atom is -0.491 e. The van der Waals surface area contributed by atoms with Crippen LogP contribution in [0.3, 0.4) is 0 Å². The van der Waals surface area contributed by atoms with Crippen molar-refractivity contribution >= 4 is 5.69 Å². The van der Waals surface area contributed by atoms with E-state index in [4.69, 9.17) is 15.2 Å². The number of benzene rings is 1. The Kier molecular flexibility index (Phi) is 5.84. The maximum absolute atomic E-state index is 5.65. The first kappa shape index (κ1) is 13.8. The van der Waals surface area contributed by atoms with E-state index in [1.165, 1.54) is 0 Å². The Morgan fingerprint density at radius 3 is 2.29 bits per heavy atom. The Morgan fingerprint density at radius 2 is 1.71 bits per heavy atom. The van der Waals surface area contributed by atoms with E-state index in [0.717, 1.165) is 17.9 Å². The summed E-state index contributed by atoms with van der Waals surface area (Å²) in [5.41, 5.74) is 6.34. The quantitative estimate of drug-likeness (QED) is 0.585. The molecule has 0 bridgehead atoms. The van der Waals surface area contributed by atoms with Crippen molar-refractivity contribution in [1.82, 2.24) is 0 Å². The number of nitrogen functional groups attached to an aromatic ring is 1. The summed E-state index contributed by atoms with van der Waals surface area (Å²) in [5.74, 6) is 1.50. The molecule has 1 aromatic rings. The molecule has 0 saturated carbocycles. The van der Waals surface area contributed by atoms with E-state index in [9.17, 15) is 0 Å². The number of anilines is 1. The zero-order chi connectivity index (χ0) is 12.7. The zero-order valence-electron chi connectivity index (χ0n) is 11.0. The molecule has 0 aliphatic heterocycles. The standard InChI is InChI=1S/C14H23NO2/c1-11(2)10-12(3)16-8-9-17-14-6-4-13(15)5-7-14/h4-7,11-12H,8-10,15H2,1-3H3. The fourth-order valence-corrected chi connectivity index (χ4v) is 1.70. The summed E-state index contributed by atoms with van der Waals surface area (Å²) in [6.07, 6.45) is 1.38. The number of rotatable bonds is 7. The SMILES string of the molecule is CC(C)CC(C)OCCOc1ccc(N)cc1. The summed E-state index contributed by atoms with van der Waals surface area (Å²) in [6.45, 7) is 7.70. The predicted octanol–water partition coefficient (Wildman–Crippen LogP) is 3.10. The van der Waals surface area contributed by atoms with E-state index in [2.05, 4.69) is 20.8 Å². The molecule has 0 aliphatic carbocycles. The second-order valence-corrected chi connectivity index (χ2v) is 4.73. The zero-order valence-corrected chi connectivity index (χ0v) is 11.0. The van der Waals surface area contributed by atoms with Crippen LogP contribution >= 0.6 is 0 Å². The minimum absolute atomic E-state index is 0.296. The molecule has 17 heavy (non-hydrogen) atoms. The highest BCUT2D eigenvalue weighted by atomic mass is 16.5. The van der Waals surface area contributed by atoms with Gasteiger partial charge in [0.1, 0.15) is 12.4 Å². The van der Waals surface area contributed by atoms with Crippen LogP contribution in [0.25, 0.3) is 0 Å². The monoisotopic (exact) mass is 237 g/mol. The predicted molar refractivity (Wildman–Crippen MR) is 71.2 cm³/mol. The van der Waals surface area contributed by atoms with Gasteiger partial charge in [-0.2, -0.15) is 0 Å². The van der Waals surface area contributed by atoms with Gasteiger partial charge < -0.3 is 15.2 Å². The lowest BCUT2D eigenvalue weighted by atomic mass is 10.1. The van der Waals surface area contributed by atoms with E-state index in [-0.39, 0.29) is 0 Å². The summed E-state index contributed by atoms with van der Waals surface area (Å²) in [6, 6.07) is 7.40. The third-order valence-corrected chi connectivity index (χ3v) is 2.44. The van der Waals surface area contributed by atoms with Gasteiger partial charge in [-0.1, -0.05) is 13.8 Å². The van der Waals surface area contributed by atoms with Crippen LogP contribution in [-0.4, -0.2) is 19.3 Å². The Balaban J connectivity index is 2.13. The van der Waals surface area contributed by atoms with E-state index in [1.54, 1.807) is 0 Å². The Hall–Kier alpha value is -1.22. The first-order valence-electron chi connectivity index (χ1n) is 6.18. The topological polar surface area (TPSA) is 44.5 Å². The highest BCUT2D eigenvalue weighted by Crippen LogP contribution is 2.13. The second kappa shape index (κ2) is 7.17. The first-order chi connectivity index (χ1) is 8.08. The number of nitrogens with two attached hydrogens (primary N) is 1. The Labute approximate surface area is 104 Å². The molecule has 96 valence electrons. The Morgan fingerprint density at radius 1 is 1.06 bits per heavy atom. The van der Waals surface area contributed by atoms with Crippen molar-refractivity contribution in [2.45, 2.75) is 33.3 Å². The van der Waals surface area contributed by atoms with Crippen LogP contribution in [0.5, 0.6) is 5.75 Å². The fraction of sp³-hybridized carbons (Fsp3) is 0.571. The summed E-state index contributed by atoms with van der Waals surface area (Å²) >= 11 is 0. The molecule has 0 aliphatic rings. The summed E-state index contributed by atoms with van der Waals surface area (Å²) < 4.78 is 11.2. The van der Waals surface area contributed by atoms with Gasteiger partial charge in [-0.3, -0.25) is 0 Å². The lowest BCUT2D eigenvalue weighted by Gasteiger charge is -2.15. The summed E-state index contributed by atoms with van der Waals surface area (Å²) in [5, 5.41) is 0. The highest BCUT2D eigenvalue weighted by Gasteiger charge is 2.04. The van der Waals surface area contributed by atoms with E-state index >= 15 is 0 Å². The molecule has 3 nitrogen and oxygen atoms in total. The van der Waals surface area contributed by atoms with Gasteiger partial charge in [-0.05, 0) is 43.5 Å². The molecule has 1 rings (SSSR count). The lowest BCUT2D eigenvalue weighted by Crippen LogP contribution is -2.16. The number of hydrogen-bond acceptors (Lipinski definition) is 3. The smallest absolute Gasteiger partial charge is 0.119 e.